The Morgan fingerprint density at radius 2 is 2.00 bits per heavy atom. The van der Waals surface area contributed by atoms with Crippen LogP contribution in [0.1, 0.15) is 61.6 Å². The highest BCUT2D eigenvalue weighted by atomic mass is 16.4. The number of carbonyl (C=O) groups is 1. The van der Waals surface area contributed by atoms with Crippen LogP contribution < -0.4 is 5.11 Å². The standard InChI is InChI=1S/C16H22O3/c1-2-12-8-11(10-15(17)18)9-14(16(12)19)13-6-4-3-5-7-13/h8-9,13,19H,2-7,10H2,1H3,(H,17,18)/p-1. The molecule has 1 saturated carbocycles. The number of phenols is 1. The Morgan fingerprint density at radius 3 is 2.58 bits per heavy atom. The molecule has 1 aliphatic rings. The predicted molar refractivity (Wildman–Crippen MR) is 72.0 cm³/mol. The van der Waals surface area contributed by atoms with Gasteiger partial charge >= 0.3 is 0 Å². The Bertz CT molecular complexity index is 459. The number of phenolic OH excluding ortho intramolecular Hbond substituents is 1. The summed E-state index contributed by atoms with van der Waals surface area (Å²) in [6, 6.07) is 3.65. The van der Waals surface area contributed by atoms with Crippen molar-refractivity contribution >= 4 is 5.97 Å². The lowest BCUT2D eigenvalue weighted by Gasteiger charge is -2.24. The van der Waals surface area contributed by atoms with Crippen molar-refractivity contribution in [3.63, 3.8) is 0 Å². The van der Waals surface area contributed by atoms with Gasteiger partial charge in [-0.1, -0.05) is 38.3 Å². The van der Waals surface area contributed by atoms with Crippen LogP contribution in [0.5, 0.6) is 5.75 Å². The van der Waals surface area contributed by atoms with Crippen LogP contribution in [0.25, 0.3) is 0 Å². The van der Waals surface area contributed by atoms with Crippen LogP contribution in [0.15, 0.2) is 12.1 Å². The number of aliphatic carboxylic acids is 1. The van der Waals surface area contributed by atoms with Gasteiger partial charge < -0.3 is 15.0 Å². The lowest BCUT2D eigenvalue weighted by atomic mass is 9.82. The summed E-state index contributed by atoms with van der Waals surface area (Å²) in [5.74, 6) is -0.320. The van der Waals surface area contributed by atoms with Crippen LogP contribution in [0.2, 0.25) is 0 Å². The fourth-order valence-electron chi connectivity index (χ4n) is 3.05. The maximum atomic E-state index is 10.8. The number of aromatic hydroxyl groups is 1. The molecule has 0 radical (unpaired) electrons. The molecular weight excluding hydrogens is 240 g/mol. The first-order chi connectivity index (χ1) is 9.11. The molecule has 0 bridgehead atoms. The van der Waals surface area contributed by atoms with Crippen LogP contribution in [-0.2, 0) is 17.6 Å². The molecule has 0 saturated heterocycles. The Morgan fingerprint density at radius 1 is 1.32 bits per heavy atom. The van der Waals surface area contributed by atoms with Crippen molar-refractivity contribution in [2.24, 2.45) is 0 Å². The predicted octanol–water partition coefficient (Wildman–Crippen LogP) is 2.29. The number of carboxylic acid groups (broad SMARTS) is 1. The second-order valence-corrected chi connectivity index (χ2v) is 5.43. The molecule has 104 valence electrons. The molecule has 3 nitrogen and oxygen atoms in total. The molecule has 2 rings (SSSR count). The maximum Gasteiger partial charge on any atom is 0.122 e. The number of aryl methyl sites for hydroxylation is 1. The van der Waals surface area contributed by atoms with E-state index >= 15 is 0 Å². The molecule has 0 aromatic heterocycles. The molecular formula is C16H21O3-. The van der Waals surface area contributed by atoms with Crippen molar-refractivity contribution in [2.75, 3.05) is 0 Å². The van der Waals surface area contributed by atoms with Gasteiger partial charge in [-0.25, -0.2) is 0 Å². The molecule has 3 heteroatoms. The Balaban J connectivity index is 2.36. The number of hydrogen-bond donors (Lipinski definition) is 1. The van der Waals surface area contributed by atoms with E-state index in [1.807, 2.05) is 13.0 Å². The van der Waals surface area contributed by atoms with Crippen molar-refractivity contribution in [3.05, 3.63) is 28.8 Å². The average molecular weight is 261 g/mol. The summed E-state index contributed by atoms with van der Waals surface area (Å²) in [5.41, 5.74) is 2.53. The first-order valence-corrected chi connectivity index (χ1v) is 7.16. The molecule has 19 heavy (non-hydrogen) atoms. The van der Waals surface area contributed by atoms with Gasteiger partial charge in [0.2, 0.25) is 0 Å². The summed E-state index contributed by atoms with van der Waals surface area (Å²) < 4.78 is 0. The van der Waals surface area contributed by atoms with Gasteiger partial charge in [0.15, 0.2) is 0 Å². The highest BCUT2D eigenvalue weighted by molar-refractivity contribution is 5.68. The fraction of sp³-hybridized carbons (Fsp3) is 0.562. The van der Waals surface area contributed by atoms with Crippen molar-refractivity contribution in [2.45, 2.75) is 57.8 Å². The van der Waals surface area contributed by atoms with Crippen molar-refractivity contribution in [3.8, 4) is 5.75 Å². The summed E-state index contributed by atoms with van der Waals surface area (Å²) in [4.78, 5) is 10.8. The molecule has 0 amide bonds. The molecule has 1 aliphatic carbocycles. The average Bonchev–Trinajstić information content (AvgIpc) is 2.41. The second-order valence-electron chi connectivity index (χ2n) is 5.43. The monoisotopic (exact) mass is 261 g/mol. The van der Waals surface area contributed by atoms with Crippen LogP contribution in [0, 0.1) is 0 Å². The van der Waals surface area contributed by atoms with E-state index in [1.54, 1.807) is 6.07 Å². The third-order valence-electron chi connectivity index (χ3n) is 4.05. The van der Waals surface area contributed by atoms with E-state index in [0.29, 0.717) is 18.1 Å². The van der Waals surface area contributed by atoms with E-state index in [1.165, 1.54) is 19.3 Å². The Labute approximate surface area is 114 Å². The van der Waals surface area contributed by atoms with Gasteiger partial charge in [0.25, 0.3) is 0 Å². The minimum atomic E-state index is -1.07. The van der Waals surface area contributed by atoms with Gasteiger partial charge in [0, 0.05) is 12.4 Å². The minimum Gasteiger partial charge on any atom is -0.550 e. The van der Waals surface area contributed by atoms with E-state index in [4.69, 9.17) is 0 Å². The third-order valence-corrected chi connectivity index (χ3v) is 4.05. The third kappa shape index (κ3) is 3.28. The smallest absolute Gasteiger partial charge is 0.122 e. The Kier molecular flexibility index (Phi) is 4.46. The number of hydrogen-bond acceptors (Lipinski definition) is 3. The van der Waals surface area contributed by atoms with Gasteiger partial charge in [-0.05, 0) is 41.9 Å². The molecule has 0 heterocycles. The number of rotatable bonds is 4. The quantitative estimate of drug-likeness (QED) is 0.904. The van der Waals surface area contributed by atoms with Crippen LogP contribution in [-0.4, -0.2) is 11.1 Å². The summed E-state index contributed by atoms with van der Waals surface area (Å²) in [5, 5.41) is 21.1. The molecule has 0 unspecified atom stereocenters. The molecule has 1 N–H and O–H groups in total. The molecule has 1 aromatic rings. The van der Waals surface area contributed by atoms with Gasteiger partial charge in [0.05, 0.1) is 0 Å². The van der Waals surface area contributed by atoms with Gasteiger partial charge in [-0.15, -0.1) is 0 Å². The van der Waals surface area contributed by atoms with Crippen LogP contribution in [0.4, 0.5) is 0 Å². The summed E-state index contributed by atoms with van der Waals surface area (Å²) in [6.07, 6.45) is 6.46. The van der Waals surface area contributed by atoms with E-state index < -0.39 is 5.97 Å². The molecule has 0 aliphatic heterocycles. The van der Waals surface area contributed by atoms with Crippen molar-refractivity contribution in [1.82, 2.24) is 0 Å². The van der Waals surface area contributed by atoms with Crippen molar-refractivity contribution in [1.29, 1.82) is 0 Å². The van der Waals surface area contributed by atoms with E-state index in [-0.39, 0.29) is 6.42 Å². The van der Waals surface area contributed by atoms with E-state index in [0.717, 1.165) is 29.5 Å². The SMILES string of the molecule is CCc1cc(CC(=O)[O-])cc(C2CCCCC2)c1O. The topological polar surface area (TPSA) is 60.4 Å². The maximum absolute atomic E-state index is 10.8. The number of carboxylic acids is 1. The fourth-order valence-corrected chi connectivity index (χ4v) is 3.05. The summed E-state index contributed by atoms with van der Waals surface area (Å²) >= 11 is 0. The summed E-state index contributed by atoms with van der Waals surface area (Å²) in [6.45, 7) is 1.97. The van der Waals surface area contributed by atoms with Crippen LogP contribution in [0.3, 0.4) is 0 Å². The zero-order valence-corrected chi connectivity index (χ0v) is 11.4. The molecule has 1 fully saturated rings. The number of carbonyl (C=O) groups excluding carboxylic acids is 1. The number of benzene rings is 1. The largest absolute Gasteiger partial charge is 0.550 e. The first kappa shape index (κ1) is 13.9. The van der Waals surface area contributed by atoms with E-state index in [2.05, 4.69) is 0 Å². The zero-order chi connectivity index (χ0) is 13.8. The first-order valence-electron chi connectivity index (χ1n) is 7.16. The molecule has 0 atom stereocenters. The lowest BCUT2D eigenvalue weighted by molar-refractivity contribution is -0.304. The minimum absolute atomic E-state index is 0.0764. The van der Waals surface area contributed by atoms with Gasteiger partial charge in [-0.3, -0.25) is 0 Å². The summed E-state index contributed by atoms with van der Waals surface area (Å²) in [7, 11) is 0. The van der Waals surface area contributed by atoms with Crippen molar-refractivity contribution < 1.29 is 15.0 Å². The second kappa shape index (κ2) is 6.09. The van der Waals surface area contributed by atoms with E-state index in [9.17, 15) is 15.0 Å². The lowest BCUT2D eigenvalue weighted by Crippen LogP contribution is -2.24. The Hall–Kier alpha value is -1.51. The molecule has 0 spiro atoms. The normalized spacial score (nSPS) is 16.5. The van der Waals surface area contributed by atoms with Gasteiger partial charge in [-0.2, -0.15) is 0 Å². The highest BCUT2D eigenvalue weighted by Gasteiger charge is 2.20. The van der Waals surface area contributed by atoms with Gasteiger partial charge in [0.1, 0.15) is 5.75 Å². The zero-order valence-electron chi connectivity index (χ0n) is 11.4. The molecule has 1 aromatic carbocycles. The van der Waals surface area contributed by atoms with Crippen LogP contribution >= 0.6 is 0 Å². The highest BCUT2D eigenvalue weighted by Crippen LogP contribution is 2.39.